The SMILES string of the molecule is O=C(CCNC1CC1)Cc1ccc(Cl)cc1Cl. The van der Waals surface area contributed by atoms with E-state index in [2.05, 4.69) is 5.32 Å². The lowest BCUT2D eigenvalue weighted by Gasteiger charge is -2.05. The van der Waals surface area contributed by atoms with E-state index in [-0.39, 0.29) is 5.78 Å². The summed E-state index contributed by atoms with van der Waals surface area (Å²) in [5.41, 5.74) is 0.854. The van der Waals surface area contributed by atoms with Gasteiger partial charge in [-0.1, -0.05) is 29.3 Å². The summed E-state index contributed by atoms with van der Waals surface area (Å²) in [6.07, 6.45) is 3.45. The molecule has 0 unspecified atom stereocenters. The van der Waals surface area contributed by atoms with E-state index in [1.165, 1.54) is 12.8 Å². The molecule has 0 heterocycles. The highest BCUT2D eigenvalue weighted by molar-refractivity contribution is 6.35. The Bertz CT molecular complexity index is 416. The predicted molar refractivity (Wildman–Crippen MR) is 70.8 cm³/mol. The molecule has 4 heteroatoms. The van der Waals surface area contributed by atoms with E-state index in [1.54, 1.807) is 12.1 Å². The minimum atomic E-state index is 0.211. The van der Waals surface area contributed by atoms with Gasteiger partial charge in [-0.25, -0.2) is 0 Å². The molecule has 0 spiro atoms. The minimum absolute atomic E-state index is 0.211. The molecule has 17 heavy (non-hydrogen) atoms. The molecule has 0 atom stereocenters. The largest absolute Gasteiger partial charge is 0.314 e. The summed E-state index contributed by atoms with van der Waals surface area (Å²) in [5.74, 6) is 0.211. The maximum atomic E-state index is 11.7. The van der Waals surface area contributed by atoms with Crippen LogP contribution in [0.15, 0.2) is 18.2 Å². The molecule has 2 rings (SSSR count). The van der Waals surface area contributed by atoms with E-state index < -0.39 is 0 Å². The highest BCUT2D eigenvalue weighted by atomic mass is 35.5. The van der Waals surface area contributed by atoms with Crippen molar-refractivity contribution in [3.05, 3.63) is 33.8 Å². The molecule has 0 saturated heterocycles. The summed E-state index contributed by atoms with van der Waals surface area (Å²) < 4.78 is 0. The van der Waals surface area contributed by atoms with Crippen LogP contribution in [-0.2, 0) is 11.2 Å². The molecule has 1 fully saturated rings. The topological polar surface area (TPSA) is 29.1 Å². The molecule has 92 valence electrons. The first-order chi connectivity index (χ1) is 8.15. The van der Waals surface area contributed by atoms with Crippen LogP contribution in [0.25, 0.3) is 0 Å². The van der Waals surface area contributed by atoms with Crippen LogP contribution in [0.5, 0.6) is 0 Å². The van der Waals surface area contributed by atoms with E-state index >= 15 is 0 Å². The molecule has 0 radical (unpaired) electrons. The summed E-state index contributed by atoms with van der Waals surface area (Å²) in [6, 6.07) is 5.91. The van der Waals surface area contributed by atoms with Crippen LogP contribution < -0.4 is 5.32 Å². The lowest BCUT2D eigenvalue weighted by Crippen LogP contribution is -2.20. The van der Waals surface area contributed by atoms with E-state index in [1.807, 2.05) is 6.07 Å². The molecule has 0 aliphatic heterocycles. The van der Waals surface area contributed by atoms with Crippen LogP contribution in [0, 0.1) is 0 Å². The number of Topliss-reactive ketones (excluding diaryl/α,β-unsaturated/α-hetero) is 1. The average Bonchev–Trinajstić information content (AvgIpc) is 3.06. The molecule has 1 saturated carbocycles. The van der Waals surface area contributed by atoms with Gasteiger partial charge in [0.15, 0.2) is 0 Å². The molecule has 1 aromatic carbocycles. The van der Waals surface area contributed by atoms with Crippen molar-refractivity contribution in [1.29, 1.82) is 0 Å². The highest BCUT2D eigenvalue weighted by Crippen LogP contribution is 2.22. The van der Waals surface area contributed by atoms with E-state index in [9.17, 15) is 4.79 Å². The van der Waals surface area contributed by atoms with Crippen LogP contribution >= 0.6 is 23.2 Å². The Morgan fingerprint density at radius 2 is 2.12 bits per heavy atom. The van der Waals surface area contributed by atoms with E-state index in [4.69, 9.17) is 23.2 Å². The third-order valence-electron chi connectivity index (χ3n) is 2.82. The zero-order valence-electron chi connectivity index (χ0n) is 9.51. The Kier molecular flexibility index (Phi) is 4.43. The summed E-state index contributed by atoms with van der Waals surface area (Å²) >= 11 is 11.8. The zero-order valence-corrected chi connectivity index (χ0v) is 11.0. The van der Waals surface area contributed by atoms with E-state index in [0.29, 0.717) is 28.9 Å². The van der Waals surface area contributed by atoms with Gasteiger partial charge in [0.1, 0.15) is 5.78 Å². The lowest BCUT2D eigenvalue weighted by molar-refractivity contribution is -0.118. The molecule has 1 aliphatic carbocycles. The van der Waals surface area contributed by atoms with E-state index in [0.717, 1.165) is 12.1 Å². The Hall–Kier alpha value is -0.570. The first-order valence-corrected chi connectivity index (χ1v) is 6.60. The number of nitrogens with one attached hydrogen (secondary N) is 1. The maximum Gasteiger partial charge on any atom is 0.138 e. The second-order valence-electron chi connectivity index (χ2n) is 4.43. The number of hydrogen-bond donors (Lipinski definition) is 1. The molecule has 1 N–H and O–H groups in total. The molecule has 0 bridgehead atoms. The average molecular weight is 272 g/mol. The van der Waals surface area contributed by atoms with Gasteiger partial charge in [0.25, 0.3) is 0 Å². The van der Waals surface area contributed by atoms with Crippen molar-refractivity contribution in [1.82, 2.24) is 5.32 Å². The van der Waals surface area contributed by atoms with Gasteiger partial charge in [0, 0.05) is 35.5 Å². The van der Waals surface area contributed by atoms with Gasteiger partial charge in [-0.15, -0.1) is 0 Å². The Balaban J connectivity index is 1.79. The third-order valence-corrected chi connectivity index (χ3v) is 3.40. The Labute approximate surface area is 111 Å². The smallest absolute Gasteiger partial charge is 0.138 e. The molecule has 2 nitrogen and oxygen atoms in total. The quantitative estimate of drug-likeness (QED) is 0.861. The van der Waals surface area contributed by atoms with Crippen molar-refractivity contribution in [2.45, 2.75) is 31.7 Å². The van der Waals surface area contributed by atoms with Gasteiger partial charge in [0.2, 0.25) is 0 Å². The van der Waals surface area contributed by atoms with Gasteiger partial charge in [-0.05, 0) is 30.5 Å². The fourth-order valence-corrected chi connectivity index (χ4v) is 2.14. The van der Waals surface area contributed by atoms with Crippen molar-refractivity contribution < 1.29 is 4.79 Å². The number of ketones is 1. The number of halogens is 2. The third kappa shape index (κ3) is 4.30. The van der Waals surface area contributed by atoms with Crippen LogP contribution in [0.2, 0.25) is 10.0 Å². The normalized spacial score (nSPS) is 14.9. The molecule has 1 aliphatic rings. The fourth-order valence-electron chi connectivity index (χ4n) is 1.67. The highest BCUT2D eigenvalue weighted by Gasteiger charge is 2.20. The first-order valence-electron chi connectivity index (χ1n) is 5.84. The van der Waals surface area contributed by atoms with Crippen molar-refractivity contribution in [2.75, 3.05) is 6.54 Å². The number of carbonyl (C=O) groups is 1. The van der Waals surface area contributed by atoms with Crippen LogP contribution in [0.3, 0.4) is 0 Å². The van der Waals surface area contributed by atoms with Crippen molar-refractivity contribution >= 4 is 29.0 Å². The monoisotopic (exact) mass is 271 g/mol. The van der Waals surface area contributed by atoms with Crippen LogP contribution in [-0.4, -0.2) is 18.4 Å². The number of benzene rings is 1. The molecule has 0 amide bonds. The van der Waals surface area contributed by atoms with Crippen molar-refractivity contribution in [3.63, 3.8) is 0 Å². The molecule has 0 aromatic heterocycles. The number of rotatable bonds is 6. The second-order valence-corrected chi connectivity index (χ2v) is 5.27. The lowest BCUT2D eigenvalue weighted by atomic mass is 10.1. The second kappa shape index (κ2) is 5.85. The van der Waals surface area contributed by atoms with Crippen molar-refractivity contribution in [2.24, 2.45) is 0 Å². The molecular formula is C13H15Cl2NO. The molecule has 1 aromatic rings. The van der Waals surface area contributed by atoms with Gasteiger partial charge < -0.3 is 5.32 Å². The summed E-state index contributed by atoms with van der Waals surface area (Å²) in [6.45, 7) is 0.773. The fraction of sp³-hybridized carbons (Fsp3) is 0.462. The van der Waals surface area contributed by atoms with Crippen LogP contribution in [0.4, 0.5) is 0 Å². The van der Waals surface area contributed by atoms with Crippen LogP contribution in [0.1, 0.15) is 24.8 Å². The van der Waals surface area contributed by atoms with Gasteiger partial charge in [-0.3, -0.25) is 4.79 Å². The Morgan fingerprint density at radius 1 is 1.35 bits per heavy atom. The minimum Gasteiger partial charge on any atom is -0.314 e. The summed E-state index contributed by atoms with van der Waals surface area (Å²) in [5, 5.41) is 4.49. The Morgan fingerprint density at radius 3 is 2.76 bits per heavy atom. The first kappa shape index (κ1) is 12.9. The van der Waals surface area contributed by atoms with Gasteiger partial charge in [-0.2, -0.15) is 0 Å². The summed E-state index contributed by atoms with van der Waals surface area (Å²) in [4.78, 5) is 11.7. The standard InChI is InChI=1S/C13H15Cl2NO/c14-10-2-1-9(13(15)8-10)7-12(17)5-6-16-11-3-4-11/h1-2,8,11,16H,3-7H2. The number of carbonyl (C=O) groups excluding carboxylic acids is 1. The van der Waals surface area contributed by atoms with Gasteiger partial charge in [0.05, 0.1) is 0 Å². The van der Waals surface area contributed by atoms with Crippen molar-refractivity contribution in [3.8, 4) is 0 Å². The maximum absolute atomic E-state index is 11.7. The number of hydrogen-bond acceptors (Lipinski definition) is 2. The summed E-state index contributed by atoms with van der Waals surface area (Å²) in [7, 11) is 0. The molecular weight excluding hydrogens is 257 g/mol. The predicted octanol–water partition coefficient (Wildman–Crippen LogP) is 3.25. The van der Waals surface area contributed by atoms with Gasteiger partial charge >= 0.3 is 0 Å². The zero-order chi connectivity index (χ0) is 12.3.